The molecule has 1 aromatic carbocycles. The fourth-order valence-corrected chi connectivity index (χ4v) is 2.43. The van der Waals surface area contributed by atoms with Gasteiger partial charge in [-0.3, -0.25) is 0 Å². The van der Waals surface area contributed by atoms with Crippen LogP contribution in [0, 0.1) is 5.92 Å². The quantitative estimate of drug-likeness (QED) is 0.645. The van der Waals surface area contributed by atoms with Crippen LogP contribution in [0.1, 0.15) is 20.3 Å². The van der Waals surface area contributed by atoms with E-state index >= 15 is 0 Å². The van der Waals surface area contributed by atoms with Gasteiger partial charge in [0.05, 0.1) is 15.7 Å². The largest absolute Gasteiger partial charge is 0.480 e. The summed E-state index contributed by atoms with van der Waals surface area (Å²) in [5.41, 5.74) is 0.302. The fraction of sp³-hybridized carbons (Fsp3) is 0.385. The number of hydrogen-bond donors (Lipinski definition) is 3. The van der Waals surface area contributed by atoms with Crippen LogP contribution in [0.3, 0.4) is 0 Å². The second-order valence-electron chi connectivity index (χ2n) is 4.52. The molecule has 8 heteroatoms. The van der Waals surface area contributed by atoms with Crippen LogP contribution < -0.4 is 10.6 Å². The first kappa shape index (κ1) is 18.1. The number of carboxylic acid groups (broad SMARTS) is 1. The van der Waals surface area contributed by atoms with E-state index in [1.54, 1.807) is 19.1 Å². The highest BCUT2D eigenvalue weighted by molar-refractivity contribution is 9.10. The van der Waals surface area contributed by atoms with Crippen molar-refractivity contribution in [1.29, 1.82) is 0 Å². The Morgan fingerprint density at radius 3 is 2.48 bits per heavy atom. The van der Waals surface area contributed by atoms with Crippen molar-refractivity contribution in [3.05, 3.63) is 26.7 Å². The minimum absolute atomic E-state index is 0.177. The molecule has 0 radical (unpaired) electrons. The molecule has 0 heterocycles. The molecule has 0 saturated heterocycles. The topological polar surface area (TPSA) is 78.4 Å². The molecule has 3 N–H and O–H groups in total. The van der Waals surface area contributed by atoms with Gasteiger partial charge >= 0.3 is 12.0 Å². The molecular formula is C13H15BrCl2N2O3. The van der Waals surface area contributed by atoms with E-state index in [0.29, 0.717) is 16.6 Å². The molecule has 0 saturated carbocycles. The molecule has 1 rings (SSSR count). The van der Waals surface area contributed by atoms with Gasteiger partial charge in [-0.15, -0.1) is 0 Å². The van der Waals surface area contributed by atoms with Gasteiger partial charge in [-0.25, -0.2) is 9.59 Å². The Bertz CT molecular complexity index is 554. The molecule has 0 spiro atoms. The van der Waals surface area contributed by atoms with E-state index in [1.165, 1.54) is 0 Å². The van der Waals surface area contributed by atoms with Crippen LogP contribution in [0.25, 0.3) is 0 Å². The van der Waals surface area contributed by atoms with Crippen molar-refractivity contribution in [3.8, 4) is 0 Å². The zero-order valence-electron chi connectivity index (χ0n) is 11.4. The van der Waals surface area contributed by atoms with Gasteiger partial charge in [-0.2, -0.15) is 0 Å². The van der Waals surface area contributed by atoms with Crippen LogP contribution in [0.2, 0.25) is 10.0 Å². The lowest BCUT2D eigenvalue weighted by Crippen LogP contribution is -2.46. The number of urea groups is 1. The van der Waals surface area contributed by atoms with E-state index in [1.807, 2.05) is 6.92 Å². The van der Waals surface area contributed by atoms with Crippen molar-refractivity contribution >= 4 is 56.8 Å². The third-order valence-corrected chi connectivity index (χ3v) is 4.82. The number of nitrogens with one attached hydrogen (secondary N) is 2. The second-order valence-corrected chi connectivity index (χ2v) is 6.13. The van der Waals surface area contributed by atoms with E-state index in [2.05, 4.69) is 26.6 Å². The van der Waals surface area contributed by atoms with Gasteiger partial charge in [-0.1, -0.05) is 43.5 Å². The van der Waals surface area contributed by atoms with Gasteiger partial charge in [0, 0.05) is 4.47 Å². The number of carboxylic acids is 1. The monoisotopic (exact) mass is 396 g/mol. The lowest BCUT2D eigenvalue weighted by Gasteiger charge is -2.20. The summed E-state index contributed by atoms with van der Waals surface area (Å²) >= 11 is 15.2. The van der Waals surface area contributed by atoms with Crippen LogP contribution in [0.5, 0.6) is 0 Å². The Morgan fingerprint density at radius 1 is 1.33 bits per heavy atom. The molecule has 21 heavy (non-hydrogen) atoms. The summed E-state index contributed by atoms with van der Waals surface area (Å²) in [4.78, 5) is 23.1. The number of carbonyl (C=O) groups is 2. The summed E-state index contributed by atoms with van der Waals surface area (Å²) in [7, 11) is 0. The lowest BCUT2D eigenvalue weighted by atomic mass is 9.99. The van der Waals surface area contributed by atoms with E-state index in [9.17, 15) is 9.59 Å². The molecule has 0 aromatic heterocycles. The standard InChI is InChI=1S/C13H15BrCl2N2O3/c1-3-6(2)11(12(19)20)18-13(21)17-8-5-4-7(14)9(15)10(8)16/h4-6,11H,3H2,1-2H3,(H,19,20)(H2,17,18,21). The minimum atomic E-state index is -1.08. The molecule has 0 aliphatic rings. The van der Waals surface area contributed by atoms with Gasteiger partial charge < -0.3 is 15.7 Å². The van der Waals surface area contributed by atoms with Gasteiger partial charge in [-0.05, 0) is 34.0 Å². The molecule has 0 fully saturated rings. The maximum atomic E-state index is 11.9. The molecule has 2 atom stereocenters. The Morgan fingerprint density at radius 2 is 1.95 bits per heavy atom. The fourth-order valence-electron chi connectivity index (χ4n) is 1.61. The Kier molecular flexibility index (Phi) is 6.77. The summed E-state index contributed by atoms with van der Waals surface area (Å²) in [6, 6.07) is 1.58. The van der Waals surface area contributed by atoms with Gasteiger partial charge in [0.25, 0.3) is 0 Å². The van der Waals surface area contributed by atoms with Crippen molar-refractivity contribution in [2.24, 2.45) is 5.92 Å². The third kappa shape index (κ3) is 4.76. The number of rotatable bonds is 5. The Balaban J connectivity index is 2.82. The number of amides is 2. The first-order valence-electron chi connectivity index (χ1n) is 6.21. The van der Waals surface area contributed by atoms with Crippen molar-refractivity contribution < 1.29 is 14.7 Å². The smallest absolute Gasteiger partial charge is 0.326 e. The number of halogens is 3. The molecule has 0 aliphatic heterocycles. The molecule has 116 valence electrons. The number of hydrogen-bond acceptors (Lipinski definition) is 2. The van der Waals surface area contributed by atoms with Crippen LogP contribution >= 0.6 is 39.1 Å². The van der Waals surface area contributed by atoms with E-state index in [4.69, 9.17) is 28.3 Å². The van der Waals surface area contributed by atoms with Crippen LogP contribution in [0.4, 0.5) is 10.5 Å². The summed E-state index contributed by atoms with van der Waals surface area (Å²) in [5.74, 6) is -1.28. The lowest BCUT2D eigenvalue weighted by molar-refractivity contribution is -0.140. The molecular weight excluding hydrogens is 383 g/mol. The predicted molar refractivity (Wildman–Crippen MR) is 87.2 cm³/mol. The van der Waals surface area contributed by atoms with Gasteiger partial charge in [0.2, 0.25) is 0 Å². The number of anilines is 1. The van der Waals surface area contributed by atoms with Crippen molar-refractivity contribution in [1.82, 2.24) is 5.32 Å². The molecule has 2 unspecified atom stereocenters. The summed E-state index contributed by atoms with van der Waals surface area (Å²) in [5, 5.41) is 14.5. The Labute approximate surface area is 141 Å². The molecule has 0 aliphatic carbocycles. The van der Waals surface area contributed by atoms with Crippen molar-refractivity contribution in [2.45, 2.75) is 26.3 Å². The zero-order chi connectivity index (χ0) is 16.2. The SMILES string of the molecule is CCC(C)C(NC(=O)Nc1ccc(Br)c(Cl)c1Cl)C(=O)O. The zero-order valence-corrected chi connectivity index (χ0v) is 14.5. The van der Waals surface area contributed by atoms with Crippen LogP contribution in [-0.4, -0.2) is 23.1 Å². The van der Waals surface area contributed by atoms with Crippen LogP contribution in [-0.2, 0) is 4.79 Å². The van der Waals surface area contributed by atoms with Crippen molar-refractivity contribution in [2.75, 3.05) is 5.32 Å². The van der Waals surface area contributed by atoms with Crippen LogP contribution in [0.15, 0.2) is 16.6 Å². The maximum Gasteiger partial charge on any atom is 0.326 e. The van der Waals surface area contributed by atoms with E-state index < -0.39 is 18.0 Å². The normalized spacial score (nSPS) is 13.4. The minimum Gasteiger partial charge on any atom is -0.480 e. The summed E-state index contributed by atoms with van der Waals surface area (Å²) < 4.78 is 0.600. The summed E-state index contributed by atoms with van der Waals surface area (Å²) in [6.45, 7) is 3.61. The van der Waals surface area contributed by atoms with Gasteiger partial charge in [0.15, 0.2) is 0 Å². The molecule has 5 nitrogen and oxygen atoms in total. The highest BCUT2D eigenvalue weighted by atomic mass is 79.9. The first-order chi connectivity index (χ1) is 9.77. The van der Waals surface area contributed by atoms with Gasteiger partial charge in [0.1, 0.15) is 6.04 Å². The summed E-state index contributed by atoms with van der Waals surface area (Å²) in [6.07, 6.45) is 0.627. The Hall–Kier alpha value is -0.980. The average molecular weight is 398 g/mol. The number of carbonyl (C=O) groups excluding carboxylic acids is 1. The average Bonchev–Trinajstić information content (AvgIpc) is 2.44. The number of aliphatic carboxylic acids is 1. The number of benzene rings is 1. The van der Waals surface area contributed by atoms with E-state index in [0.717, 1.165) is 0 Å². The third-order valence-electron chi connectivity index (χ3n) is 3.05. The van der Waals surface area contributed by atoms with E-state index in [-0.39, 0.29) is 16.0 Å². The van der Waals surface area contributed by atoms with Crippen molar-refractivity contribution in [3.63, 3.8) is 0 Å². The molecule has 1 aromatic rings. The highest BCUT2D eigenvalue weighted by Crippen LogP contribution is 2.35. The predicted octanol–water partition coefficient (Wildman–Crippen LogP) is 4.38. The second kappa shape index (κ2) is 7.87. The maximum absolute atomic E-state index is 11.9. The highest BCUT2D eigenvalue weighted by Gasteiger charge is 2.25. The molecule has 2 amide bonds. The molecule has 0 bridgehead atoms. The first-order valence-corrected chi connectivity index (χ1v) is 7.76.